The zero-order valence-electron chi connectivity index (χ0n) is 33.7. The summed E-state index contributed by atoms with van der Waals surface area (Å²) in [7, 11) is 3.62. The van der Waals surface area contributed by atoms with E-state index in [-0.39, 0.29) is 5.69 Å². The van der Waals surface area contributed by atoms with Crippen molar-refractivity contribution >= 4 is 74.1 Å². The Morgan fingerprint density at radius 2 is 0.774 bits per heavy atom. The largest absolute Gasteiger partial charge is 0.328 e. The van der Waals surface area contributed by atoms with Gasteiger partial charge in [0.25, 0.3) is 0 Å². The quantitative estimate of drug-likeness (QED) is 0.167. The molecule has 0 spiro atoms. The predicted molar refractivity (Wildman–Crippen MR) is 260 cm³/mol. The molecule has 8 heteroatoms. The van der Waals surface area contributed by atoms with Gasteiger partial charge in [0.05, 0.1) is 11.0 Å². The number of rotatable bonds is 6. The lowest BCUT2D eigenvalue weighted by atomic mass is 9.94. The first-order chi connectivity index (χ1) is 30.4. The molecule has 4 heterocycles. The third-order valence-electron chi connectivity index (χ3n) is 12.0. The number of aryl methyl sites for hydroxylation is 2. The van der Waals surface area contributed by atoms with Gasteiger partial charge in [-0.3, -0.25) is 9.13 Å². The summed E-state index contributed by atoms with van der Waals surface area (Å²) in [6, 6.07) is 62.2. The zero-order chi connectivity index (χ0) is 41.5. The Kier molecular flexibility index (Phi) is 8.38. The van der Waals surface area contributed by atoms with E-state index in [0.29, 0.717) is 17.5 Å². The summed E-state index contributed by atoms with van der Waals surface area (Å²) in [5.41, 5.74) is 10.8. The second-order valence-electron chi connectivity index (χ2n) is 15.8. The number of imidazole rings is 1. The normalized spacial score (nSPS) is 11.8. The topological polar surface area (TPSA) is 65.6 Å². The van der Waals surface area contributed by atoms with Gasteiger partial charge < -0.3 is 0 Å². The molecule has 294 valence electrons. The summed E-state index contributed by atoms with van der Waals surface area (Å²) in [5, 5.41) is 5.04. The Bertz CT molecular complexity index is 3690. The van der Waals surface area contributed by atoms with Crippen LogP contribution in [0.25, 0.3) is 119 Å². The molecule has 6 nitrogen and oxygen atoms in total. The SMILES string of the molecule is Cn1c(=O)n(C)c2cc(-c3cccc(-c4nc(-c5ccccc5)nc(-c5cc(-c6ccc7sc8ccccc8c7c6)cc(-c6ccc7sc8ccccc8c7c6)c5)n4)c3)ccc21. The molecule has 0 bridgehead atoms. The Hall–Kier alpha value is -7.52. The molecule has 0 radical (unpaired) electrons. The van der Waals surface area contributed by atoms with Gasteiger partial charge in [-0.05, 0) is 106 Å². The lowest BCUT2D eigenvalue weighted by molar-refractivity contribution is 0.795. The Balaban J connectivity index is 1.06. The predicted octanol–water partition coefficient (Wildman–Crippen LogP) is 13.8. The molecule has 4 aromatic heterocycles. The van der Waals surface area contributed by atoms with Crippen LogP contribution in [0.2, 0.25) is 0 Å². The van der Waals surface area contributed by atoms with Gasteiger partial charge in [0.15, 0.2) is 17.5 Å². The van der Waals surface area contributed by atoms with E-state index in [1.165, 1.54) is 40.3 Å². The zero-order valence-corrected chi connectivity index (χ0v) is 35.3. The second-order valence-corrected chi connectivity index (χ2v) is 17.9. The summed E-state index contributed by atoms with van der Waals surface area (Å²) in [4.78, 5) is 28.4. The molecule has 0 amide bonds. The van der Waals surface area contributed by atoms with Crippen molar-refractivity contribution in [2.75, 3.05) is 0 Å². The number of hydrogen-bond acceptors (Lipinski definition) is 6. The number of nitrogens with zero attached hydrogens (tertiary/aromatic N) is 5. The van der Waals surface area contributed by atoms with Gasteiger partial charge in [-0.25, -0.2) is 19.7 Å². The van der Waals surface area contributed by atoms with Crippen LogP contribution in [0.15, 0.2) is 181 Å². The summed E-state index contributed by atoms with van der Waals surface area (Å²) in [6.45, 7) is 0. The first kappa shape index (κ1) is 36.3. The average molecular weight is 834 g/mol. The fraction of sp³-hybridized carbons (Fsp3) is 0.0370. The van der Waals surface area contributed by atoms with Crippen LogP contribution in [0.3, 0.4) is 0 Å². The second kappa shape index (κ2) is 14.3. The monoisotopic (exact) mass is 833 g/mol. The third-order valence-corrected chi connectivity index (χ3v) is 14.3. The van der Waals surface area contributed by atoms with Crippen molar-refractivity contribution in [3.05, 3.63) is 186 Å². The van der Waals surface area contributed by atoms with Crippen molar-refractivity contribution in [2.45, 2.75) is 0 Å². The number of aromatic nitrogens is 5. The highest BCUT2D eigenvalue weighted by molar-refractivity contribution is 7.26. The summed E-state index contributed by atoms with van der Waals surface area (Å²) in [5.74, 6) is 1.77. The molecular formula is C54H35N5OS2. The van der Waals surface area contributed by atoms with Crippen molar-refractivity contribution in [1.29, 1.82) is 0 Å². The van der Waals surface area contributed by atoms with Gasteiger partial charge in [0, 0.05) is 71.1 Å². The first-order valence-electron chi connectivity index (χ1n) is 20.5. The van der Waals surface area contributed by atoms with E-state index >= 15 is 0 Å². The number of thiophene rings is 2. The Morgan fingerprint density at radius 1 is 0.339 bits per heavy atom. The molecule has 12 aromatic rings. The maximum absolute atomic E-state index is 12.8. The third kappa shape index (κ3) is 6.06. The molecule has 12 rings (SSSR count). The van der Waals surface area contributed by atoms with Crippen LogP contribution in [0.4, 0.5) is 0 Å². The van der Waals surface area contributed by atoms with Gasteiger partial charge >= 0.3 is 5.69 Å². The lowest BCUT2D eigenvalue weighted by Crippen LogP contribution is -2.19. The van der Waals surface area contributed by atoms with E-state index in [4.69, 9.17) is 15.0 Å². The highest BCUT2D eigenvalue weighted by atomic mass is 32.1. The van der Waals surface area contributed by atoms with Crippen LogP contribution >= 0.6 is 22.7 Å². The van der Waals surface area contributed by atoms with E-state index in [2.05, 4.69) is 133 Å². The molecule has 0 fully saturated rings. The van der Waals surface area contributed by atoms with Crippen molar-refractivity contribution in [1.82, 2.24) is 24.1 Å². The van der Waals surface area contributed by atoms with Crippen LogP contribution in [-0.4, -0.2) is 24.1 Å². The fourth-order valence-corrected chi connectivity index (χ4v) is 10.9. The standard InChI is InChI=1S/C54H35N5OS2/c1-58-45-22-19-36(31-46(45)59(2)54(58)60)33-13-10-14-37(25-33)52-55-51(32-11-4-3-5-12-32)56-53(57-52)40-27-38(34-20-23-49-43(29-34)41-15-6-8-17-47(41)61-49)26-39(28-40)35-21-24-50-44(30-35)42-16-7-9-18-48(42)62-50/h3-31H,1-2H3. The highest BCUT2D eigenvalue weighted by Gasteiger charge is 2.18. The number of fused-ring (bicyclic) bond motifs is 7. The van der Waals surface area contributed by atoms with Crippen LogP contribution in [-0.2, 0) is 14.1 Å². The van der Waals surface area contributed by atoms with Gasteiger partial charge in [0.1, 0.15) is 0 Å². The molecule has 0 aliphatic heterocycles. The Labute approximate surface area is 364 Å². The molecule has 8 aromatic carbocycles. The van der Waals surface area contributed by atoms with Gasteiger partial charge in [0.2, 0.25) is 0 Å². The van der Waals surface area contributed by atoms with Crippen LogP contribution in [0.1, 0.15) is 0 Å². The fourth-order valence-electron chi connectivity index (χ4n) is 8.78. The van der Waals surface area contributed by atoms with Crippen molar-refractivity contribution < 1.29 is 0 Å². The molecule has 0 aliphatic carbocycles. The molecule has 0 saturated heterocycles. The van der Waals surface area contributed by atoms with Gasteiger partial charge in [-0.15, -0.1) is 22.7 Å². The van der Waals surface area contributed by atoms with E-state index in [1.807, 2.05) is 72.2 Å². The van der Waals surface area contributed by atoms with E-state index < -0.39 is 0 Å². The summed E-state index contributed by atoms with van der Waals surface area (Å²) >= 11 is 3.66. The van der Waals surface area contributed by atoms with Crippen molar-refractivity contribution in [3.8, 4) is 67.5 Å². The van der Waals surface area contributed by atoms with Gasteiger partial charge in [-0.1, -0.05) is 103 Å². The summed E-state index contributed by atoms with van der Waals surface area (Å²) < 4.78 is 8.48. The minimum absolute atomic E-state index is 0.0506. The summed E-state index contributed by atoms with van der Waals surface area (Å²) in [6.07, 6.45) is 0. The smallest absolute Gasteiger partial charge is 0.295 e. The molecule has 0 N–H and O–H groups in total. The molecule has 0 aliphatic rings. The maximum atomic E-state index is 12.8. The van der Waals surface area contributed by atoms with Gasteiger partial charge in [-0.2, -0.15) is 0 Å². The number of hydrogen-bond donors (Lipinski definition) is 0. The first-order valence-corrected chi connectivity index (χ1v) is 22.1. The molecule has 62 heavy (non-hydrogen) atoms. The van der Waals surface area contributed by atoms with Crippen LogP contribution in [0, 0.1) is 0 Å². The lowest BCUT2D eigenvalue weighted by Gasteiger charge is -2.13. The molecular weight excluding hydrogens is 799 g/mol. The number of benzene rings is 8. The van der Waals surface area contributed by atoms with Crippen LogP contribution in [0.5, 0.6) is 0 Å². The minimum Gasteiger partial charge on any atom is -0.295 e. The van der Waals surface area contributed by atoms with E-state index in [0.717, 1.165) is 61.1 Å². The van der Waals surface area contributed by atoms with Crippen molar-refractivity contribution in [2.24, 2.45) is 14.1 Å². The maximum Gasteiger partial charge on any atom is 0.328 e. The molecule has 0 atom stereocenters. The average Bonchev–Trinajstić information content (AvgIpc) is 3.97. The Morgan fingerprint density at radius 3 is 1.42 bits per heavy atom. The van der Waals surface area contributed by atoms with Crippen LogP contribution < -0.4 is 5.69 Å². The highest BCUT2D eigenvalue weighted by Crippen LogP contribution is 2.41. The molecule has 0 saturated carbocycles. The van der Waals surface area contributed by atoms with E-state index in [1.54, 1.807) is 16.2 Å². The van der Waals surface area contributed by atoms with E-state index in [9.17, 15) is 4.79 Å². The minimum atomic E-state index is -0.0506. The van der Waals surface area contributed by atoms with Crippen molar-refractivity contribution in [3.63, 3.8) is 0 Å². The molecule has 0 unspecified atom stereocenters.